The van der Waals surface area contributed by atoms with Crippen molar-refractivity contribution in [1.29, 1.82) is 0 Å². The van der Waals surface area contributed by atoms with Crippen molar-refractivity contribution >= 4 is 12.0 Å². The van der Waals surface area contributed by atoms with Crippen LogP contribution in [0.3, 0.4) is 0 Å². The summed E-state index contributed by atoms with van der Waals surface area (Å²) < 4.78 is 0. The third kappa shape index (κ3) is 3.14. The molecule has 0 fully saturated rings. The summed E-state index contributed by atoms with van der Waals surface area (Å²) in [5.41, 5.74) is 2.83. The van der Waals surface area contributed by atoms with Gasteiger partial charge in [0.1, 0.15) is 5.82 Å². The van der Waals surface area contributed by atoms with Crippen LogP contribution in [0, 0.1) is 5.92 Å². The maximum atomic E-state index is 4.05. The van der Waals surface area contributed by atoms with Crippen LogP contribution in [0.15, 0.2) is 29.5 Å². The summed E-state index contributed by atoms with van der Waals surface area (Å²) in [4.78, 5) is 4.05. The maximum Gasteiger partial charge on any atom is 0.146 e. The molecular formula is C9H13N3. The standard InChI is InChI=1S/C9H13N3/c1-8(2)7-11-12-9-5-3-4-6-10-9/h3-8H,1-2H3,(H,10,12)/b11-7+. The fourth-order valence-corrected chi connectivity index (χ4v) is 0.681. The second kappa shape index (κ2) is 4.49. The van der Waals surface area contributed by atoms with Crippen LogP contribution < -0.4 is 5.43 Å². The van der Waals surface area contributed by atoms with Crippen LogP contribution in [0.5, 0.6) is 0 Å². The van der Waals surface area contributed by atoms with Gasteiger partial charge in [0.2, 0.25) is 0 Å². The van der Waals surface area contributed by atoms with Gasteiger partial charge in [0.25, 0.3) is 0 Å². The number of anilines is 1. The summed E-state index contributed by atoms with van der Waals surface area (Å²) in [5.74, 6) is 1.23. The van der Waals surface area contributed by atoms with Gasteiger partial charge >= 0.3 is 0 Å². The molecule has 0 saturated heterocycles. The summed E-state index contributed by atoms with van der Waals surface area (Å²) >= 11 is 0. The lowest BCUT2D eigenvalue weighted by atomic mass is 10.3. The van der Waals surface area contributed by atoms with Crippen molar-refractivity contribution in [3.05, 3.63) is 24.4 Å². The lowest BCUT2D eigenvalue weighted by Crippen LogP contribution is -1.94. The molecule has 0 aliphatic heterocycles. The van der Waals surface area contributed by atoms with Crippen molar-refractivity contribution in [2.45, 2.75) is 13.8 Å². The number of rotatable bonds is 3. The quantitative estimate of drug-likeness (QED) is 0.547. The molecule has 0 atom stereocenters. The van der Waals surface area contributed by atoms with E-state index >= 15 is 0 Å². The number of nitrogens with one attached hydrogen (secondary N) is 1. The van der Waals surface area contributed by atoms with E-state index in [1.807, 2.05) is 24.4 Å². The molecule has 0 aromatic carbocycles. The average Bonchev–Trinajstić information content (AvgIpc) is 2.05. The Morgan fingerprint density at radius 2 is 2.33 bits per heavy atom. The van der Waals surface area contributed by atoms with E-state index in [4.69, 9.17) is 0 Å². The smallest absolute Gasteiger partial charge is 0.146 e. The van der Waals surface area contributed by atoms with Crippen LogP contribution in [-0.2, 0) is 0 Å². The van der Waals surface area contributed by atoms with Crippen LogP contribution in [0.25, 0.3) is 0 Å². The third-order valence-electron chi connectivity index (χ3n) is 1.22. The molecule has 1 aromatic rings. The molecule has 1 N–H and O–H groups in total. The Balaban J connectivity index is 2.43. The zero-order chi connectivity index (χ0) is 8.81. The van der Waals surface area contributed by atoms with E-state index in [0.717, 1.165) is 5.82 Å². The van der Waals surface area contributed by atoms with Crippen LogP contribution in [0.4, 0.5) is 5.82 Å². The van der Waals surface area contributed by atoms with E-state index in [1.165, 1.54) is 0 Å². The second-order valence-electron chi connectivity index (χ2n) is 2.85. The minimum atomic E-state index is 0.459. The molecule has 0 bridgehead atoms. The number of hydrogen-bond acceptors (Lipinski definition) is 3. The van der Waals surface area contributed by atoms with Gasteiger partial charge in [-0.25, -0.2) is 4.98 Å². The Bertz CT molecular complexity index is 241. The highest BCUT2D eigenvalue weighted by molar-refractivity contribution is 5.60. The van der Waals surface area contributed by atoms with Gasteiger partial charge < -0.3 is 0 Å². The molecule has 0 saturated carbocycles. The molecule has 0 unspecified atom stereocenters. The fourth-order valence-electron chi connectivity index (χ4n) is 0.681. The molecule has 0 spiro atoms. The van der Waals surface area contributed by atoms with E-state index in [1.54, 1.807) is 6.20 Å². The highest BCUT2D eigenvalue weighted by Gasteiger charge is 1.87. The molecule has 3 nitrogen and oxygen atoms in total. The lowest BCUT2D eigenvalue weighted by molar-refractivity contribution is 0.903. The molecule has 12 heavy (non-hydrogen) atoms. The molecule has 0 radical (unpaired) electrons. The molecule has 64 valence electrons. The van der Waals surface area contributed by atoms with Crippen molar-refractivity contribution in [2.75, 3.05) is 5.43 Å². The monoisotopic (exact) mass is 163 g/mol. The number of hydrogen-bond donors (Lipinski definition) is 1. The second-order valence-corrected chi connectivity index (χ2v) is 2.85. The van der Waals surface area contributed by atoms with Crippen LogP contribution in [-0.4, -0.2) is 11.2 Å². The molecule has 0 aliphatic carbocycles. The predicted octanol–water partition coefficient (Wildman–Crippen LogP) is 2.14. The zero-order valence-electron chi connectivity index (χ0n) is 7.36. The first-order chi connectivity index (χ1) is 5.79. The first-order valence-electron chi connectivity index (χ1n) is 3.99. The minimum absolute atomic E-state index is 0.459. The minimum Gasteiger partial charge on any atom is -0.262 e. The van der Waals surface area contributed by atoms with Crippen molar-refractivity contribution in [1.82, 2.24) is 4.98 Å². The van der Waals surface area contributed by atoms with Gasteiger partial charge in [0, 0.05) is 12.4 Å². The Morgan fingerprint density at radius 1 is 1.50 bits per heavy atom. The lowest BCUT2D eigenvalue weighted by Gasteiger charge is -1.97. The Kier molecular flexibility index (Phi) is 3.26. The number of nitrogens with zero attached hydrogens (tertiary/aromatic N) is 2. The Morgan fingerprint density at radius 3 is 2.92 bits per heavy atom. The molecule has 1 rings (SSSR count). The van der Waals surface area contributed by atoms with Crippen molar-refractivity contribution in [3.8, 4) is 0 Å². The fraction of sp³-hybridized carbons (Fsp3) is 0.333. The normalized spacial score (nSPS) is 10.9. The topological polar surface area (TPSA) is 37.3 Å². The SMILES string of the molecule is CC(C)/C=N/Nc1ccccn1. The van der Waals surface area contributed by atoms with E-state index in [2.05, 4.69) is 29.4 Å². The van der Waals surface area contributed by atoms with Gasteiger partial charge in [-0.05, 0) is 18.1 Å². The first kappa shape index (κ1) is 8.71. The van der Waals surface area contributed by atoms with E-state index < -0.39 is 0 Å². The molecule has 1 heterocycles. The first-order valence-corrected chi connectivity index (χ1v) is 3.99. The number of hydrazone groups is 1. The van der Waals surface area contributed by atoms with Gasteiger partial charge in [-0.15, -0.1) is 0 Å². The van der Waals surface area contributed by atoms with Gasteiger partial charge in [0.05, 0.1) is 0 Å². The molecular weight excluding hydrogens is 150 g/mol. The Hall–Kier alpha value is -1.38. The Labute approximate surface area is 72.5 Å². The van der Waals surface area contributed by atoms with Gasteiger partial charge in [-0.3, -0.25) is 5.43 Å². The molecule has 1 aromatic heterocycles. The van der Waals surface area contributed by atoms with Gasteiger partial charge in [0.15, 0.2) is 0 Å². The summed E-state index contributed by atoms with van der Waals surface area (Å²) in [6.07, 6.45) is 3.57. The number of aromatic nitrogens is 1. The van der Waals surface area contributed by atoms with E-state index in [0.29, 0.717) is 5.92 Å². The van der Waals surface area contributed by atoms with Gasteiger partial charge in [-0.1, -0.05) is 19.9 Å². The van der Waals surface area contributed by atoms with Crippen molar-refractivity contribution in [2.24, 2.45) is 11.0 Å². The molecule has 3 heteroatoms. The predicted molar refractivity (Wildman–Crippen MR) is 51.2 cm³/mol. The van der Waals surface area contributed by atoms with Crippen LogP contribution in [0.1, 0.15) is 13.8 Å². The van der Waals surface area contributed by atoms with Crippen molar-refractivity contribution in [3.63, 3.8) is 0 Å². The average molecular weight is 163 g/mol. The molecule has 0 amide bonds. The number of pyridine rings is 1. The maximum absolute atomic E-state index is 4.05. The van der Waals surface area contributed by atoms with E-state index in [9.17, 15) is 0 Å². The van der Waals surface area contributed by atoms with Crippen molar-refractivity contribution < 1.29 is 0 Å². The summed E-state index contributed by atoms with van der Waals surface area (Å²) in [6, 6.07) is 5.66. The van der Waals surface area contributed by atoms with Crippen LogP contribution >= 0.6 is 0 Å². The third-order valence-corrected chi connectivity index (χ3v) is 1.22. The van der Waals surface area contributed by atoms with E-state index in [-0.39, 0.29) is 0 Å². The summed E-state index contributed by atoms with van der Waals surface area (Å²) in [6.45, 7) is 4.15. The van der Waals surface area contributed by atoms with Crippen LogP contribution in [0.2, 0.25) is 0 Å². The van der Waals surface area contributed by atoms with Gasteiger partial charge in [-0.2, -0.15) is 5.10 Å². The summed E-state index contributed by atoms with van der Waals surface area (Å²) in [7, 11) is 0. The highest BCUT2D eigenvalue weighted by atomic mass is 15.3. The summed E-state index contributed by atoms with van der Waals surface area (Å²) in [5, 5.41) is 4.00. The zero-order valence-corrected chi connectivity index (χ0v) is 7.36. The molecule has 0 aliphatic rings. The highest BCUT2D eigenvalue weighted by Crippen LogP contribution is 1.98. The largest absolute Gasteiger partial charge is 0.262 e.